The SMILES string of the molecule is CCOc1ccccc1NC(=O)N1CCC(CCc2noc(-c3ccc(F)cc3)n2)CC1. The summed E-state index contributed by atoms with van der Waals surface area (Å²) in [7, 11) is 0. The van der Waals surface area contributed by atoms with Crippen molar-refractivity contribution in [3.8, 4) is 17.2 Å². The predicted octanol–water partition coefficient (Wildman–Crippen LogP) is 5.15. The number of likely N-dealkylation sites (tertiary alicyclic amines) is 1. The molecule has 0 aliphatic carbocycles. The molecule has 1 aromatic heterocycles. The number of urea groups is 1. The lowest BCUT2D eigenvalue weighted by Gasteiger charge is -2.32. The van der Waals surface area contributed by atoms with Crippen molar-refractivity contribution in [3.63, 3.8) is 0 Å². The second kappa shape index (κ2) is 10.3. The van der Waals surface area contributed by atoms with Gasteiger partial charge in [0, 0.05) is 25.1 Å². The van der Waals surface area contributed by atoms with Gasteiger partial charge in [-0.25, -0.2) is 9.18 Å². The fourth-order valence-corrected chi connectivity index (χ4v) is 3.87. The summed E-state index contributed by atoms with van der Waals surface area (Å²) < 4.78 is 24.0. The Morgan fingerprint density at radius 1 is 1.19 bits per heavy atom. The number of rotatable bonds is 7. The third-order valence-corrected chi connectivity index (χ3v) is 5.67. The lowest BCUT2D eigenvalue weighted by Crippen LogP contribution is -2.41. The molecule has 0 bridgehead atoms. The van der Waals surface area contributed by atoms with E-state index >= 15 is 0 Å². The van der Waals surface area contributed by atoms with Crippen LogP contribution >= 0.6 is 0 Å². The summed E-state index contributed by atoms with van der Waals surface area (Å²) in [6.07, 6.45) is 3.51. The zero-order valence-corrected chi connectivity index (χ0v) is 18.1. The van der Waals surface area contributed by atoms with Gasteiger partial charge in [-0.15, -0.1) is 0 Å². The van der Waals surface area contributed by atoms with Crippen molar-refractivity contribution < 1.29 is 18.4 Å². The normalized spacial score (nSPS) is 14.4. The van der Waals surface area contributed by atoms with Gasteiger partial charge in [0.15, 0.2) is 5.82 Å². The first-order chi connectivity index (χ1) is 15.6. The van der Waals surface area contributed by atoms with Gasteiger partial charge in [-0.3, -0.25) is 0 Å². The Morgan fingerprint density at radius 2 is 1.94 bits per heavy atom. The molecule has 2 aromatic carbocycles. The van der Waals surface area contributed by atoms with Crippen molar-refractivity contribution in [2.75, 3.05) is 25.0 Å². The maximum atomic E-state index is 13.1. The summed E-state index contributed by atoms with van der Waals surface area (Å²) in [6, 6.07) is 13.4. The van der Waals surface area contributed by atoms with E-state index in [1.54, 1.807) is 12.1 Å². The maximum Gasteiger partial charge on any atom is 0.321 e. The van der Waals surface area contributed by atoms with Gasteiger partial charge in [-0.2, -0.15) is 4.98 Å². The maximum absolute atomic E-state index is 13.1. The highest BCUT2D eigenvalue weighted by Gasteiger charge is 2.24. The molecule has 3 aromatic rings. The van der Waals surface area contributed by atoms with E-state index < -0.39 is 0 Å². The minimum Gasteiger partial charge on any atom is -0.492 e. The number of aromatic nitrogens is 2. The molecule has 0 atom stereocenters. The standard InChI is InChI=1S/C24H27FN4O3/c1-2-31-21-6-4-3-5-20(21)26-24(30)29-15-13-17(14-16-29)7-12-22-27-23(32-28-22)18-8-10-19(25)11-9-18/h3-6,8-11,17H,2,7,12-16H2,1H3,(H,26,30). The Balaban J connectivity index is 1.24. The Hall–Kier alpha value is -3.42. The molecule has 1 fully saturated rings. The Morgan fingerprint density at radius 3 is 2.69 bits per heavy atom. The average Bonchev–Trinajstić information content (AvgIpc) is 3.29. The number of hydrogen-bond donors (Lipinski definition) is 1. The van der Waals surface area contributed by atoms with E-state index in [0.29, 0.717) is 60.8 Å². The highest BCUT2D eigenvalue weighted by molar-refractivity contribution is 5.91. The summed E-state index contributed by atoms with van der Waals surface area (Å²) in [4.78, 5) is 18.9. The molecule has 0 spiro atoms. The van der Waals surface area contributed by atoms with Crippen molar-refractivity contribution in [2.45, 2.75) is 32.6 Å². The monoisotopic (exact) mass is 438 g/mol. The van der Waals surface area contributed by atoms with Crippen LogP contribution in [-0.2, 0) is 6.42 Å². The molecule has 0 unspecified atom stereocenters. The fourth-order valence-electron chi connectivity index (χ4n) is 3.87. The van der Waals surface area contributed by atoms with Crippen molar-refractivity contribution in [2.24, 2.45) is 5.92 Å². The van der Waals surface area contributed by atoms with E-state index in [1.165, 1.54) is 12.1 Å². The van der Waals surface area contributed by atoms with Crippen LogP contribution in [0.15, 0.2) is 53.1 Å². The van der Waals surface area contributed by atoms with E-state index in [1.807, 2.05) is 36.1 Å². The third kappa shape index (κ3) is 5.43. The molecule has 168 valence electrons. The quantitative estimate of drug-likeness (QED) is 0.552. The number of carbonyl (C=O) groups excluding carboxylic acids is 1. The second-order valence-electron chi connectivity index (χ2n) is 7.85. The zero-order valence-electron chi connectivity index (χ0n) is 18.1. The van der Waals surface area contributed by atoms with Gasteiger partial charge in [-0.05, 0) is 68.5 Å². The van der Waals surface area contributed by atoms with E-state index in [2.05, 4.69) is 15.5 Å². The van der Waals surface area contributed by atoms with Crippen LogP contribution in [0.3, 0.4) is 0 Å². The number of aryl methyl sites for hydroxylation is 1. The molecular formula is C24H27FN4O3. The molecular weight excluding hydrogens is 411 g/mol. The minimum atomic E-state index is -0.299. The van der Waals surface area contributed by atoms with Crippen LogP contribution in [0, 0.1) is 11.7 Å². The number of benzene rings is 2. The van der Waals surface area contributed by atoms with E-state index in [-0.39, 0.29) is 11.8 Å². The van der Waals surface area contributed by atoms with Crippen LogP contribution in [0.1, 0.15) is 32.0 Å². The number of halogens is 1. The van der Waals surface area contributed by atoms with Crippen LogP contribution in [0.5, 0.6) is 5.75 Å². The lowest BCUT2D eigenvalue weighted by molar-refractivity contribution is 0.179. The summed E-state index contributed by atoms with van der Waals surface area (Å²) in [6.45, 7) is 3.88. The number of hydrogen-bond acceptors (Lipinski definition) is 5. The minimum absolute atomic E-state index is 0.0993. The van der Waals surface area contributed by atoms with Crippen molar-refractivity contribution >= 4 is 11.7 Å². The summed E-state index contributed by atoms with van der Waals surface area (Å²) in [5.41, 5.74) is 1.39. The molecule has 2 amide bonds. The highest BCUT2D eigenvalue weighted by Crippen LogP contribution is 2.26. The first kappa shape index (κ1) is 21.8. The summed E-state index contributed by atoms with van der Waals surface area (Å²) in [5.74, 6) is 1.93. The Kier molecular flexibility index (Phi) is 6.99. The number of para-hydroxylation sites is 2. The summed E-state index contributed by atoms with van der Waals surface area (Å²) in [5, 5.41) is 7.01. The molecule has 8 heteroatoms. The molecule has 1 aliphatic heterocycles. The van der Waals surface area contributed by atoms with Crippen LogP contribution in [-0.4, -0.2) is 40.8 Å². The van der Waals surface area contributed by atoms with E-state index in [4.69, 9.17) is 9.26 Å². The molecule has 1 N–H and O–H groups in total. The number of nitrogens with one attached hydrogen (secondary N) is 1. The number of amides is 2. The van der Waals surface area contributed by atoms with Crippen molar-refractivity contribution in [1.82, 2.24) is 15.0 Å². The third-order valence-electron chi connectivity index (χ3n) is 5.67. The molecule has 32 heavy (non-hydrogen) atoms. The van der Waals surface area contributed by atoms with Crippen molar-refractivity contribution in [1.29, 1.82) is 0 Å². The van der Waals surface area contributed by atoms with E-state index in [0.717, 1.165) is 19.3 Å². The van der Waals surface area contributed by atoms with Crippen LogP contribution in [0.2, 0.25) is 0 Å². The number of piperidine rings is 1. The Bertz CT molecular complexity index is 1030. The number of ether oxygens (including phenoxy) is 1. The molecule has 7 nitrogen and oxygen atoms in total. The smallest absolute Gasteiger partial charge is 0.321 e. The van der Waals surface area contributed by atoms with Gasteiger partial charge in [0.2, 0.25) is 0 Å². The van der Waals surface area contributed by atoms with Gasteiger partial charge in [-0.1, -0.05) is 17.3 Å². The molecule has 1 aliphatic rings. The van der Waals surface area contributed by atoms with Gasteiger partial charge in [0.05, 0.1) is 12.3 Å². The van der Waals surface area contributed by atoms with E-state index in [9.17, 15) is 9.18 Å². The molecule has 2 heterocycles. The topological polar surface area (TPSA) is 80.5 Å². The van der Waals surface area contributed by atoms with Gasteiger partial charge in [0.1, 0.15) is 11.6 Å². The first-order valence-electron chi connectivity index (χ1n) is 11.0. The molecule has 0 saturated carbocycles. The molecule has 1 saturated heterocycles. The van der Waals surface area contributed by atoms with Gasteiger partial charge >= 0.3 is 6.03 Å². The second-order valence-corrected chi connectivity index (χ2v) is 7.85. The summed E-state index contributed by atoms with van der Waals surface area (Å²) >= 11 is 0. The molecule has 4 rings (SSSR count). The van der Waals surface area contributed by atoms with Crippen LogP contribution in [0.25, 0.3) is 11.5 Å². The van der Waals surface area contributed by atoms with Gasteiger partial charge < -0.3 is 19.5 Å². The van der Waals surface area contributed by atoms with Gasteiger partial charge in [0.25, 0.3) is 5.89 Å². The number of nitrogens with zero attached hydrogens (tertiary/aromatic N) is 3. The zero-order chi connectivity index (χ0) is 22.3. The average molecular weight is 439 g/mol. The van der Waals surface area contributed by atoms with Crippen LogP contribution in [0.4, 0.5) is 14.9 Å². The lowest BCUT2D eigenvalue weighted by atomic mass is 9.92. The molecule has 0 radical (unpaired) electrons. The fraction of sp³-hybridized carbons (Fsp3) is 0.375. The number of carbonyl (C=O) groups is 1. The largest absolute Gasteiger partial charge is 0.492 e. The predicted molar refractivity (Wildman–Crippen MR) is 119 cm³/mol. The van der Waals surface area contributed by atoms with Crippen LogP contribution < -0.4 is 10.1 Å². The highest BCUT2D eigenvalue weighted by atomic mass is 19.1. The number of anilines is 1. The Labute approximate surface area is 186 Å². The first-order valence-corrected chi connectivity index (χ1v) is 11.0. The van der Waals surface area contributed by atoms with Crippen molar-refractivity contribution in [3.05, 3.63) is 60.2 Å².